The van der Waals surface area contributed by atoms with Gasteiger partial charge in [-0.25, -0.2) is 13.6 Å². The van der Waals surface area contributed by atoms with E-state index in [2.05, 4.69) is 22.6 Å². The molecule has 0 unspecified atom stereocenters. The van der Waals surface area contributed by atoms with Gasteiger partial charge >= 0.3 is 5.97 Å². The van der Waals surface area contributed by atoms with Crippen LogP contribution in [0, 0.1) is 15.2 Å². The lowest BCUT2D eigenvalue weighted by molar-refractivity contribution is 0.0467. The van der Waals surface area contributed by atoms with Crippen LogP contribution >= 0.6 is 22.6 Å². The van der Waals surface area contributed by atoms with Gasteiger partial charge in [0.2, 0.25) is 0 Å². The summed E-state index contributed by atoms with van der Waals surface area (Å²) in [5.41, 5.74) is 5.14. The number of hydrogen-bond acceptors (Lipinski definition) is 3. The van der Waals surface area contributed by atoms with Crippen LogP contribution in [0.25, 0.3) is 0 Å². The van der Waals surface area contributed by atoms with Gasteiger partial charge in [0.05, 0.1) is 11.3 Å². The van der Waals surface area contributed by atoms with Gasteiger partial charge < -0.3 is 10.5 Å². The third kappa shape index (κ3) is 3.44. The van der Waals surface area contributed by atoms with Crippen LogP contribution in [0.1, 0.15) is 15.9 Å². The van der Waals surface area contributed by atoms with Crippen molar-refractivity contribution in [1.29, 1.82) is 0 Å². The van der Waals surface area contributed by atoms with Gasteiger partial charge in [-0.2, -0.15) is 0 Å². The fraction of sp³-hybridized carbons (Fsp3) is 0.0714. The van der Waals surface area contributed by atoms with E-state index in [9.17, 15) is 13.6 Å². The van der Waals surface area contributed by atoms with Crippen molar-refractivity contribution in [3.8, 4) is 0 Å². The van der Waals surface area contributed by atoms with E-state index in [1.165, 1.54) is 0 Å². The van der Waals surface area contributed by atoms with Gasteiger partial charge in [0.25, 0.3) is 0 Å². The number of ether oxygens (including phenoxy) is 1. The lowest BCUT2D eigenvalue weighted by Gasteiger charge is -2.07. The summed E-state index contributed by atoms with van der Waals surface area (Å²) < 4.78 is 32.7. The van der Waals surface area contributed by atoms with Gasteiger partial charge in [-0.1, -0.05) is 12.1 Å². The second kappa shape index (κ2) is 6.17. The van der Waals surface area contributed by atoms with E-state index < -0.39 is 23.2 Å². The molecule has 0 bridgehead atoms. The summed E-state index contributed by atoms with van der Waals surface area (Å²) in [5, 5.41) is 0. The number of anilines is 1. The van der Waals surface area contributed by atoms with E-state index >= 15 is 0 Å². The van der Waals surface area contributed by atoms with Crippen LogP contribution in [0.5, 0.6) is 0 Å². The number of nitrogens with two attached hydrogens (primary N) is 1. The molecule has 0 spiro atoms. The standard InChI is InChI=1S/C14H10F2INO2/c15-11-6-13(18)12(16)5-10(11)14(19)20-7-8-1-3-9(17)4-2-8/h1-6H,7,18H2. The van der Waals surface area contributed by atoms with Crippen LogP contribution in [0.3, 0.4) is 0 Å². The van der Waals surface area contributed by atoms with Crippen molar-refractivity contribution in [1.82, 2.24) is 0 Å². The molecule has 2 N–H and O–H groups in total. The molecule has 0 radical (unpaired) electrons. The Morgan fingerprint density at radius 2 is 1.80 bits per heavy atom. The van der Waals surface area contributed by atoms with Gasteiger partial charge in [0.15, 0.2) is 0 Å². The van der Waals surface area contributed by atoms with Crippen LogP contribution in [0.2, 0.25) is 0 Å². The van der Waals surface area contributed by atoms with Crippen molar-refractivity contribution in [3.63, 3.8) is 0 Å². The minimum Gasteiger partial charge on any atom is -0.457 e. The van der Waals surface area contributed by atoms with Crippen molar-refractivity contribution >= 4 is 34.2 Å². The monoisotopic (exact) mass is 389 g/mol. The average Bonchev–Trinajstić information content (AvgIpc) is 2.42. The Morgan fingerprint density at radius 3 is 2.45 bits per heavy atom. The smallest absolute Gasteiger partial charge is 0.341 e. The van der Waals surface area contributed by atoms with E-state index in [1.54, 1.807) is 12.1 Å². The highest BCUT2D eigenvalue weighted by molar-refractivity contribution is 14.1. The maximum atomic E-state index is 13.5. The summed E-state index contributed by atoms with van der Waals surface area (Å²) in [6.45, 7) is -0.0127. The van der Waals surface area contributed by atoms with E-state index in [1.807, 2.05) is 12.1 Å². The number of carbonyl (C=O) groups is 1. The zero-order chi connectivity index (χ0) is 14.7. The molecular weight excluding hydrogens is 379 g/mol. The zero-order valence-corrected chi connectivity index (χ0v) is 12.4. The summed E-state index contributed by atoms with van der Waals surface area (Å²) >= 11 is 2.15. The molecule has 0 aliphatic carbocycles. The predicted molar refractivity (Wildman–Crippen MR) is 79.0 cm³/mol. The molecule has 3 nitrogen and oxygen atoms in total. The number of esters is 1. The van der Waals surface area contributed by atoms with Crippen molar-refractivity contribution in [2.24, 2.45) is 0 Å². The van der Waals surface area contributed by atoms with Gasteiger partial charge in [-0.3, -0.25) is 0 Å². The van der Waals surface area contributed by atoms with Crippen LogP contribution in [0.4, 0.5) is 14.5 Å². The molecule has 2 rings (SSSR count). The Kier molecular flexibility index (Phi) is 4.53. The molecule has 0 fully saturated rings. The molecule has 0 atom stereocenters. The predicted octanol–water partition coefficient (Wildman–Crippen LogP) is 3.51. The zero-order valence-electron chi connectivity index (χ0n) is 10.2. The highest BCUT2D eigenvalue weighted by Crippen LogP contribution is 2.18. The normalized spacial score (nSPS) is 10.3. The largest absolute Gasteiger partial charge is 0.457 e. The van der Waals surface area contributed by atoms with E-state index in [4.69, 9.17) is 10.5 Å². The van der Waals surface area contributed by atoms with Crippen LogP contribution in [-0.4, -0.2) is 5.97 Å². The van der Waals surface area contributed by atoms with E-state index in [0.717, 1.165) is 21.3 Å². The SMILES string of the molecule is Nc1cc(F)c(C(=O)OCc2ccc(I)cc2)cc1F. The maximum absolute atomic E-state index is 13.5. The van der Waals surface area contributed by atoms with Gasteiger partial charge in [-0.15, -0.1) is 0 Å². The Morgan fingerprint density at radius 1 is 1.15 bits per heavy atom. The maximum Gasteiger partial charge on any atom is 0.341 e. The summed E-state index contributed by atoms with van der Waals surface area (Å²) in [7, 11) is 0. The Bertz CT molecular complexity index is 644. The van der Waals surface area contributed by atoms with Crippen molar-refractivity contribution < 1.29 is 18.3 Å². The molecule has 0 aliphatic rings. The van der Waals surface area contributed by atoms with Crippen LogP contribution < -0.4 is 5.73 Å². The molecule has 2 aromatic carbocycles. The Balaban J connectivity index is 2.09. The van der Waals surface area contributed by atoms with Crippen LogP contribution in [0.15, 0.2) is 36.4 Å². The Hall–Kier alpha value is -1.70. The Labute approximate surface area is 127 Å². The van der Waals surface area contributed by atoms with Gasteiger partial charge in [0, 0.05) is 9.64 Å². The highest BCUT2D eigenvalue weighted by atomic mass is 127. The number of rotatable bonds is 3. The van der Waals surface area contributed by atoms with Gasteiger partial charge in [-0.05, 0) is 46.4 Å². The average molecular weight is 389 g/mol. The first kappa shape index (κ1) is 14.7. The minimum absolute atomic E-state index is 0.0127. The molecule has 0 heterocycles. The number of halogens is 3. The summed E-state index contributed by atoms with van der Waals surface area (Å²) in [4.78, 5) is 11.7. The summed E-state index contributed by atoms with van der Waals surface area (Å²) in [6, 6.07) is 8.78. The summed E-state index contributed by atoms with van der Waals surface area (Å²) in [5.74, 6) is -2.69. The van der Waals surface area contributed by atoms with Crippen LogP contribution in [-0.2, 0) is 11.3 Å². The lowest BCUT2D eigenvalue weighted by atomic mass is 10.2. The molecule has 104 valence electrons. The van der Waals surface area contributed by atoms with E-state index in [0.29, 0.717) is 0 Å². The second-order valence-corrected chi connectivity index (χ2v) is 5.30. The van der Waals surface area contributed by atoms with Crippen molar-refractivity contribution in [2.45, 2.75) is 6.61 Å². The molecule has 0 aromatic heterocycles. The second-order valence-electron chi connectivity index (χ2n) is 4.06. The van der Waals surface area contributed by atoms with Gasteiger partial charge in [0.1, 0.15) is 18.2 Å². The van der Waals surface area contributed by atoms with Crippen molar-refractivity contribution in [2.75, 3.05) is 5.73 Å². The number of nitrogen functional groups attached to an aromatic ring is 1. The molecular formula is C14H10F2INO2. The number of carbonyl (C=O) groups excluding carboxylic acids is 1. The molecule has 0 saturated heterocycles. The quantitative estimate of drug-likeness (QED) is 0.497. The first-order valence-electron chi connectivity index (χ1n) is 5.63. The molecule has 0 aliphatic heterocycles. The molecule has 2 aromatic rings. The summed E-state index contributed by atoms with van der Waals surface area (Å²) in [6.07, 6.45) is 0. The molecule has 20 heavy (non-hydrogen) atoms. The van der Waals surface area contributed by atoms with Crippen molar-refractivity contribution in [3.05, 3.63) is 62.7 Å². The molecule has 0 saturated carbocycles. The number of benzene rings is 2. The molecule has 0 amide bonds. The first-order valence-corrected chi connectivity index (χ1v) is 6.71. The lowest BCUT2D eigenvalue weighted by Crippen LogP contribution is -2.09. The first-order chi connectivity index (χ1) is 9.47. The number of hydrogen-bond donors (Lipinski definition) is 1. The third-order valence-corrected chi connectivity index (χ3v) is 3.31. The molecule has 6 heteroatoms. The topological polar surface area (TPSA) is 52.3 Å². The minimum atomic E-state index is -0.931. The fourth-order valence-electron chi connectivity index (χ4n) is 1.53. The third-order valence-electron chi connectivity index (χ3n) is 2.59. The fourth-order valence-corrected chi connectivity index (χ4v) is 1.89. The highest BCUT2D eigenvalue weighted by Gasteiger charge is 2.16. The van der Waals surface area contributed by atoms with E-state index in [-0.39, 0.29) is 12.3 Å².